The highest BCUT2D eigenvalue weighted by Gasteiger charge is 2.20. The van der Waals surface area contributed by atoms with Crippen molar-refractivity contribution >= 4 is 11.5 Å². The number of hydrogen-bond acceptors (Lipinski definition) is 5. The molecule has 0 aliphatic carbocycles. The molecule has 1 aromatic carbocycles. The summed E-state index contributed by atoms with van der Waals surface area (Å²) in [5.74, 6) is 0.257. The first-order valence-corrected chi connectivity index (χ1v) is 10.0. The fourth-order valence-electron chi connectivity index (χ4n) is 3.80. The number of nitriles is 1. The van der Waals surface area contributed by atoms with Crippen molar-refractivity contribution in [2.75, 3.05) is 0 Å². The molecule has 2 aromatic heterocycles. The number of aliphatic imine (C=N–C) groups is 1. The van der Waals surface area contributed by atoms with Gasteiger partial charge in [-0.1, -0.05) is 19.1 Å². The van der Waals surface area contributed by atoms with Gasteiger partial charge in [-0.3, -0.25) is 19.8 Å². The van der Waals surface area contributed by atoms with E-state index in [0.29, 0.717) is 24.9 Å². The molecule has 0 spiro atoms. The second-order valence-electron chi connectivity index (χ2n) is 7.74. The second kappa shape index (κ2) is 8.38. The first-order chi connectivity index (χ1) is 14.5. The normalized spacial score (nSPS) is 13.3. The van der Waals surface area contributed by atoms with Crippen molar-refractivity contribution in [1.82, 2.24) is 9.97 Å². The van der Waals surface area contributed by atoms with Crippen LogP contribution in [0.1, 0.15) is 58.5 Å². The molecule has 30 heavy (non-hydrogen) atoms. The maximum Gasteiger partial charge on any atom is 0.139 e. The molecule has 3 heterocycles. The molecular formula is C25H22N4O. The van der Waals surface area contributed by atoms with Crippen LogP contribution in [-0.4, -0.2) is 21.5 Å². The molecule has 0 saturated heterocycles. The number of fused-ring (bicyclic) bond motifs is 1. The van der Waals surface area contributed by atoms with Crippen LogP contribution in [0.4, 0.5) is 0 Å². The van der Waals surface area contributed by atoms with Crippen molar-refractivity contribution in [1.29, 1.82) is 5.26 Å². The summed E-state index contributed by atoms with van der Waals surface area (Å²) in [6, 6.07) is 15.5. The molecule has 148 valence electrons. The third kappa shape index (κ3) is 4.18. The van der Waals surface area contributed by atoms with Crippen LogP contribution in [0, 0.1) is 18.3 Å². The van der Waals surface area contributed by atoms with E-state index in [1.807, 2.05) is 50.4 Å². The highest BCUT2D eigenvalue weighted by Crippen LogP contribution is 2.24. The van der Waals surface area contributed by atoms with E-state index in [1.54, 1.807) is 18.3 Å². The SMILES string of the molecule is Cc1cc(C2=NCc3cc(CC(=O)C[C@@H](C)c4ccc(C#N)cc4)ncc32)ccn1. The molecule has 4 rings (SSSR count). The zero-order chi connectivity index (χ0) is 21.1. The van der Waals surface area contributed by atoms with E-state index in [9.17, 15) is 4.79 Å². The summed E-state index contributed by atoms with van der Waals surface area (Å²) in [6.07, 6.45) is 4.39. The number of nitrogens with zero attached hydrogens (tertiary/aromatic N) is 4. The maximum atomic E-state index is 12.6. The third-order valence-corrected chi connectivity index (χ3v) is 5.40. The predicted octanol–water partition coefficient (Wildman–Crippen LogP) is 4.31. The van der Waals surface area contributed by atoms with Crippen molar-refractivity contribution in [2.24, 2.45) is 4.99 Å². The Labute approximate surface area is 176 Å². The molecule has 5 heteroatoms. The molecule has 3 aromatic rings. The van der Waals surface area contributed by atoms with E-state index in [-0.39, 0.29) is 11.7 Å². The van der Waals surface area contributed by atoms with E-state index in [4.69, 9.17) is 5.26 Å². The molecule has 0 N–H and O–H groups in total. The molecule has 5 nitrogen and oxygen atoms in total. The summed E-state index contributed by atoms with van der Waals surface area (Å²) in [4.78, 5) is 26.1. The molecule has 1 atom stereocenters. The van der Waals surface area contributed by atoms with Gasteiger partial charge in [0.2, 0.25) is 0 Å². The van der Waals surface area contributed by atoms with E-state index in [0.717, 1.165) is 39.4 Å². The minimum atomic E-state index is 0.101. The summed E-state index contributed by atoms with van der Waals surface area (Å²) >= 11 is 0. The van der Waals surface area contributed by atoms with Crippen LogP contribution in [0.3, 0.4) is 0 Å². The molecule has 0 fully saturated rings. The van der Waals surface area contributed by atoms with Crippen molar-refractivity contribution in [3.8, 4) is 6.07 Å². The van der Waals surface area contributed by atoms with Gasteiger partial charge in [-0.15, -0.1) is 0 Å². The van der Waals surface area contributed by atoms with Gasteiger partial charge < -0.3 is 0 Å². The second-order valence-corrected chi connectivity index (χ2v) is 7.74. The van der Waals surface area contributed by atoms with Crippen LogP contribution in [0.2, 0.25) is 0 Å². The van der Waals surface area contributed by atoms with E-state index >= 15 is 0 Å². The zero-order valence-electron chi connectivity index (χ0n) is 17.1. The molecule has 0 unspecified atom stereocenters. The fourth-order valence-corrected chi connectivity index (χ4v) is 3.80. The number of rotatable bonds is 6. The van der Waals surface area contributed by atoms with Crippen LogP contribution in [0.5, 0.6) is 0 Å². The topological polar surface area (TPSA) is 79.0 Å². The Kier molecular flexibility index (Phi) is 5.49. The highest BCUT2D eigenvalue weighted by molar-refractivity contribution is 6.15. The molecular weight excluding hydrogens is 372 g/mol. The molecule has 0 bridgehead atoms. The standard InChI is InChI=1S/C25H22N4O/c1-16(19-5-3-18(13-26)4-6-19)9-23(30)12-22-11-21-14-29-25(24(21)15-28-22)20-7-8-27-17(2)10-20/h3-8,10-11,15-16H,9,12,14H2,1-2H3/t16-/m1/s1. The molecule has 0 amide bonds. The van der Waals surface area contributed by atoms with Crippen LogP contribution >= 0.6 is 0 Å². The first kappa shape index (κ1) is 19.7. The van der Waals surface area contributed by atoms with Gasteiger partial charge in [0, 0.05) is 47.8 Å². The zero-order valence-corrected chi connectivity index (χ0v) is 17.1. The number of ketones is 1. The smallest absolute Gasteiger partial charge is 0.139 e. The van der Waals surface area contributed by atoms with Gasteiger partial charge in [-0.25, -0.2) is 0 Å². The average molecular weight is 394 g/mol. The van der Waals surface area contributed by atoms with Gasteiger partial charge >= 0.3 is 0 Å². The Bertz CT molecular complexity index is 1170. The number of benzene rings is 1. The number of carbonyl (C=O) groups excluding carboxylic acids is 1. The minimum absolute atomic E-state index is 0.101. The van der Waals surface area contributed by atoms with Crippen molar-refractivity contribution in [2.45, 2.75) is 39.2 Å². The molecule has 0 saturated carbocycles. The fraction of sp³-hybridized carbons (Fsp3) is 0.240. The number of aromatic nitrogens is 2. The van der Waals surface area contributed by atoms with Crippen molar-refractivity contribution in [3.05, 3.63) is 94.1 Å². The van der Waals surface area contributed by atoms with Crippen LogP contribution < -0.4 is 0 Å². The third-order valence-electron chi connectivity index (χ3n) is 5.40. The number of hydrogen-bond donors (Lipinski definition) is 0. The average Bonchev–Trinajstić information content (AvgIpc) is 3.17. The number of pyridine rings is 2. The summed E-state index contributed by atoms with van der Waals surface area (Å²) < 4.78 is 0. The van der Waals surface area contributed by atoms with Gasteiger partial charge in [0.05, 0.1) is 23.9 Å². The molecule has 1 aliphatic heterocycles. The quantitative estimate of drug-likeness (QED) is 0.624. The Morgan fingerprint density at radius 2 is 1.97 bits per heavy atom. The lowest BCUT2D eigenvalue weighted by Gasteiger charge is -2.11. The minimum Gasteiger partial charge on any atom is -0.299 e. The number of carbonyl (C=O) groups is 1. The van der Waals surface area contributed by atoms with E-state index in [1.165, 1.54) is 0 Å². The summed E-state index contributed by atoms with van der Waals surface area (Å²) in [7, 11) is 0. The first-order valence-electron chi connectivity index (χ1n) is 10.0. The lowest BCUT2D eigenvalue weighted by atomic mass is 9.93. The monoisotopic (exact) mass is 394 g/mol. The predicted molar refractivity (Wildman–Crippen MR) is 115 cm³/mol. The largest absolute Gasteiger partial charge is 0.299 e. The van der Waals surface area contributed by atoms with E-state index < -0.39 is 0 Å². The molecule has 0 radical (unpaired) electrons. The van der Waals surface area contributed by atoms with Crippen molar-refractivity contribution < 1.29 is 4.79 Å². The highest BCUT2D eigenvalue weighted by atomic mass is 16.1. The van der Waals surface area contributed by atoms with Crippen LogP contribution in [-0.2, 0) is 17.8 Å². The number of Topliss-reactive ketones (excluding diaryl/α,β-unsaturated/α-hetero) is 1. The van der Waals surface area contributed by atoms with Gasteiger partial charge in [0.1, 0.15) is 5.78 Å². The Morgan fingerprint density at radius 1 is 1.17 bits per heavy atom. The van der Waals surface area contributed by atoms with Gasteiger partial charge in [0.25, 0.3) is 0 Å². The van der Waals surface area contributed by atoms with Gasteiger partial charge in [-0.2, -0.15) is 5.26 Å². The van der Waals surface area contributed by atoms with E-state index in [2.05, 4.69) is 21.0 Å². The Hall–Kier alpha value is -3.65. The summed E-state index contributed by atoms with van der Waals surface area (Å²) in [6.45, 7) is 4.61. The Balaban J connectivity index is 1.42. The van der Waals surface area contributed by atoms with Crippen LogP contribution in [0.25, 0.3) is 0 Å². The van der Waals surface area contributed by atoms with Crippen molar-refractivity contribution in [3.63, 3.8) is 0 Å². The summed E-state index contributed by atoms with van der Waals surface area (Å²) in [5, 5.41) is 8.91. The Morgan fingerprint density at radius 3 is 2.70 bits per heavy atom. The lowest BCUT2D eigenvalue weighted by molar-refractivity contribution is -0.118. The van der Waals surface area contributed by atoms with Gasteiger partial charge in [0.15, 0.2) is 0 Å². The maximum absolute atomic E-state index is 12.6. The lowest BCUT2D eigenvalue weighted by Crippen LogP contribution is -2.10. The van der Waals surface area contributed by atoms with Gasteiger partial charge in [-0.05, 0) is 54.3 Å². The van der Waals surface area contributed by atoms with Crippen LogP contribution in [0.15, 0.2) is 59.9 Å². The molecule has 1 aliphatic rings. The number of aryl methyl sites for hydroxylation is 1. The summed E-state index contributed by atoms with van der Waals surface area (Å²) in [5.41, 5.74) is 7.56.